The monoisotopic (exact) mass is 290 g/mol. The summed E-state index contributed by atoms with van der Waals surface area (Å²) < 4.78 is 10.5. The van der Waals surface area contributed by atoms with Gasteiger partial charge in [-0.1, -0.05) is 6.92 Å². The maximum atomic E-state index is 11.1. The number of ether oxygens (including phenoxy) is 2. The van der Waals surface area contributed by atoms with Gasteiger partial charge < -0.3 is 15.2 Å². The van der Waals surface area contributed by atoms with E-state index in [2.05, 4.69) is 9.97 Å². The summed E-state index contributed by atoms with van der Waals surface area (Å²) in [7, 11) is 1.43. The van der Waals surface area contributed by atoms with Crippen LogP contribution in [-0.4, -0.2) is 22.0 Å². The van der Waals surface area contributed by atoms with Gasteiger partial charge in [-0.25, -0.2) is 9.97 Å². The second-order valence-electron chi connectivity index (χ2n) is 4.09. The fourth-order valence-electron chi connectivity index (χ4n) is 1.79. The van der Waals surface area contributed by atoms with Crippen molar-refractivity contribution in [2.24, 2.45) is 0 Å². The first-order valence-electron chi connectivity index (χ1n) is 6.16. The Bertz CT molecular complexity index is 675. The van der Waals surface area contributed by atoms with E-state index < -0.39 is 4.92 Å². The number of methoxy groups -OCH3 is 1. The molecule has 1 aromatic heterocycles. The van der Waals surface area contributed by atoms with Crippen molar-refractivity contribution in [3.8, 4) is 17.4 Å². The predicted octanol–water partition coefficient (Wildman–Crippen LogP) is 2.33. The van der Waals surface area contributed by atoms with Crippen LogP contribution in [0.3, 0.4) is 0 Å². The van der Waals surface area contributed by atoms with Gasteiger partial charge in [0.25, 0.3) is 0 Å². The number of rotatable bonds is 5. The molecule has 0 spiro atoms. The highest BCUT2D eigenvalue weighted by atomic mass is 16.6. The molecule has 0 amide bonds. The smallest absolute Gasteiger partial charge is 0.315 e. The van der Waals surface area contributed by atoms with E-state index in [-0.39, 0.29) is 17.3 Å². The topological polar surface area (TPSA) is 113 Å². The van der Waals surface area contributed by atoms with Gasteiger partial charge in [0.15, 0.2) is 0 Å². The molecule has 0 saturated carbocycles. The predicted molar refractivity (Wildman–Crippen MR) is 75.5 cm³/mol. The lowest BCUT2D eigenvalue weighted by atomic mass is 10.2. The number of nitrogens with two attached hydrogens (primary N) is 1. The average molecular weight is 290 g/mol. The van der Waals surface area contributed by atoms with Crippen molar-refractivity contribution in [3.63, 3.8) is 0 Å². The van der Waals surface area contributed by atoms with Crippen LogP contribution in [0.4, 0.5) is 11.5 Å². The van der Waals surface area contributed by atoms with Gasteiger partial charge in [-0.15, -0.1) is 0 Å². The van der Waals surface area contributed by atoms with Crippen LogP contribution in [0.25, 0.3) is 0 Å². The molecule has 110 valence electrons. The number of aromatic nitrogens is 2. The van der Waals surface area contributed by atoms with E-state index in [4.69, 9.17) is 15.2 Å². The minimum atomic E-state index is -0.548. The van der Waals surface area contributed by atoms with Crippen LogP contribution in [-0.2, 0) is 6.42 Å². The summed E-state index contributed by atoms with van der Waals surface area (Å²) in [4.78, 5) is 18.4. The Kier molecular flexibility index (Phi) is 4.17. The number of benzene rings is 1. The molecule has 0 aliphatic rings. The summed E-state index contributed by atoms with van der Waals surface area (Å²) in [6, 6.07) is 4.30. The van der Waals surface area contributed by atoms with Gasteiger partial charge in [0.1, 0.15) is 17.9 Å². The van der Waals surface area contributed by atoms with Crippen molar-refractivity contribution in [2.75, 3.05) is 12.8 Å². The lowest BCUT2D eigenvalue weighted by molar-refractivity contribution is -0.385. The Labute approximate surface area is 120 Å². The van der Waals surface area contributed by atoms with Gasteiger partial charge in [0.2, 0.25) is 11.6 Å². The number of nitro groups is 1. The zero-order valence-corrected chi connectivity index (χ0v) is 11.6. The summed E-state index contributed by atoms with van der Waals surface area (Å²) in [5.41, 5.74) is 6.13. The highest BCUT2D eigenvalue weighted by Crippen LogP contribution is 2.35. The van der Waals surface area contributed by atoms with Gasteiger partial charge in [-0.05, 0) is 18.6 Å². The average Bonchev–Trinajstić information content (AvgIpc) is 2.47. The van der Waals surface area contributed by atoms with Crippen molar-refractivity contribution in [1.82, 2.24) is 9.97 Å². The molecule has 0 saturated heterocycles. The van der Waals surface area contributed by atoms with Gasteiger partial charge >= 0.3 is 5.69 Å². The number of anilines is 1. The van der Waals surface area contributed by atoms with Gasteiger partial charge in [-0.2, -0.15) is 0 Å². The summed E-state index contributed by atoms with van der Waals surface area (Å²) in [5, 5.41) is 11.1. The maximum Gasteiger partial charge on any atom is 0.315 e. The molecular formula is C13H14N4O4. The molecule has 0 unspecified atom stereocenters. The summed E-state index contributed by atoms with van der Waals surface area (Å²) >= 11 is 0. The van der Waals surface area contributed by atoms with E-state index in [0.717, 1.165) is 0 Å². The molecule has 0 bridgehead atoms. The van der Waals surface area contributed by atoms with Gasteiger partial charge in [0.05, 0.1) is 23.7 Å². The Morgan fingerprint density at radius 2 is 2.14 bits per heavy atom. The Balaban J connectivity index is 2.44. The molecule has 1 aromatic carbocycles. The molecule has 0 radical (unpaired) electrons. The fourth-order valence-corrected chi connectivity index (χ4v) is 1.79. The minimum absolute atomic E-state index is 0.0635. The molecule has 8 heteroatoms. The number of hydrogen-bond donors (Lipinski definition) is 1. The molecule has 0 atom stereocenters. The van der Waals surface area contributed by atoms with Crippen molar-refractivity contribution in [1.29, 1.82) is 0 Å². The van der Waals surface area contributed by atoms with Crippen LogP contribution in [0.15, 0.2) is 24.5 Å². The third kappa shape index (κ3) is 2.99. The quantitative estimate of drug-likeness (QED) is 0.663. The van der Waals surface area contributed by atoms with Crippen LogP contribution < -0.4 is 15.2 Å². The zero-order valence-electron chi connectivity index (χ0n) is 11.6. The lowest BCUT2D eigenvalue weighted by Crippen LogP contribution is -2.03. The maximum absolute atomic E-state index is 11.1. The van der Waals surface area contributed by atoms with Gasteiger partial charge in [0, 0.05) is 0 Å². The van der Waals surface area contributed by atoms with E-state index in [1.165, 1.54) is 25.6 Å². The van der Waals surface area contributed by atoms with E-state index in [1.54, 1.807) is 6.07 Å². The first kappa shape index (κ1) is 14.5. The van der Waals surface area contributed by atoms with E-state index in [1.807, 2.05) is 6.92 Å². The number of nitrogens with zero attached hydrogens (tertiary/aromatic N) is 3. The SMILES string of the molecule is CCc1c(N)ncnc1Oc1ccc(OC)cc1[N+](=O)[O-]. The van der Waals surface area contributed by atoms with Crippen LogP contribution in [0, 0.1) is 10.1 Å². The first-order valence-corrected chi connectivity index (χ1v) is 6.16. The standard InChI is InChI=1S/C13H14N4O4/c1-3-9-12(14)15-7-16-13(9)21-11-5-4-8(20-2)6-10(11)17(18)19/h4-7H,3H2,1-2H3,(H2,14,15,16). The Hall–Kier alpha value is -2.90. The Morgan fingerprint density at radius 1 is 1.38 bits per heavy atom. The molecule has 8 nitrogen and oxygen atoms in total. The van der Waals surface area contributed by atoms with Crippen LogP contribution in [0.5, 0.6) is 17.4 Å². The van der Waals surface area contributed by atoms with E-state index >= 15 is 0 Å². The van der Waals surface area contributed by atoms with Crippen LogP contribution in [0.1, 0.15) is 12.5 Å². The second-order valence-corrected chi connectivity index (χ2v) is 4.09. The van der Waals surface area contributed by atoms with Crippen molar-refractivity contribution in [3.05, 3.63) is 40.2 Å². The summed E-state index contributed by atoms with van der Waals surface area (Å²) in [6.07, 6.45) is 1.80. The van der Waals surface area contributed by atoms with E-state index in [9.17, 15) is 10.1 Å². The third-order valence-electron chi connectivity index (χ3n) is 2.86. The molecule has 21 heavy (non-hydrogen) atoms. The summed E-state index contributed by atoms with van der Waals surface area (Å²) in [5.74, 6) is 0.928. The Morgan fingerprint density at radius 3 is 2.76 bits per heavy atom. The largest absolute Gasteiger partial charge is 0.496 e. The molecule has 2 rings (SSSR count). The highest BCUT2D eigenvalue weighted by Gasteiger charge is 2.19. The number of nitrogen functional groups attached to an aromatic ring is 1. The van der Waals surface area contributed by atoms with Crippen molar-refractivity contribution >= 4 is 11.5 Å². The third-order valence-corrected chi connectivity index (χ3v) is 2.86. The summed E-state index contributed by atoms with van der Waals surface area (Å²) in [6.45, 7) is 1.87. The molecule has 2 aromatic rings. The van der Waals surface area contributed by atoms with Gasteiger partial charge in [-0.3, -0.25) is 10.1 Å². The van der Waals surface area contributed by atoms with Crippen molar-refractivity contribution < 1.29 is 14.4 Å². The number of nitro benzene ring substituents is 1. The van der Waals surface area contributed by atoms with E-state index in [0.29, 0.717) is 23.6 Å². The molecule has 0 aliphatic carbocycles. The van der Waals surface area contributed by atoms with Crippen LogP contribution >= 0.6 is 0 Å². The molecule has 0 aliphatic heterocycles. The fraction of sp³-hybridized carbons (Fsp3) is 0.231. The van der Waals surface area contributed by atoms with Crippen molar-refractivity contribution in [2.45, 2.75) is 13.3 Å². The molecule has 1 heterocycles. The zero-order chi connectivity index (χ0) is 15.4. The minimum Gasteiger partial charge on any atom is -0.496 e. The number of hydrogen-bond acceptors (Lipinski definition) is 7. The molecule has 2 N–H and O–H groups in total. The highest BCUT2D eigenvalue weighted by molar-refractivity contribution is 5.54. The van der Waals surface area contributed by atoms with Crippen LogP contribution in [0.2, 0.25) is 0 Å². The normalized spacial score (nSPS) is 10.2. The molecular weight excluding hydrogens is 276 g/mol. The molecule has 0 fully saturated rings. The second kappa shape index (κ2) is 6.04. The lowest BCUT2D eigenvalue weighted by Gasteiger charge is -2.10. The first-order chi connectivity index (χ1) is 10.1.